The molecule has 0 unspecified atom stereocenters. The van der Waals surface area contributed by atoms with Crippen LogP contribution in [0.2, 0.25) is 5.02 Å². The van der Waals surface area contributed by atoms with E-state index in [1.165, 1.54) is 22.6 Å². The lowest BCUT2D eigenvalue weighted by atomic mass is 10.2. The Bertz CT molecular complexity index is 620. The Labute approximate surface area is 134 Å². The highest BCUT2D eigenvalue weighted by Gasteiger charge is 2.05. The second kappa shape index (κ2) is 7.01. The van der Waals surface area contributed by atoms with E-state index in [1.807, 2.05) is 24.3 Å². The van der Waals surface area contributed by atoms with Crippen LogP contribution in [0.25, 0.3) is 0 Å². The molecule has 0 aromatic heterocycles. The third-order valence-corrected chi connectivity index (χ3v) is 4.58. The molecule has 1 heterocycles. The van der Waals surface area contributed by atoms with Crippen LogP contribution < -0.4 is 5.32 Å². The number of aliphatic imine (C=N–C) groups is 1. The van der Waals surface area contributed by atoms with Gasteiger partial charge >= 0.3 is 0 Å². The molecule has 1 N–H and O–H groups in total. The van der Waals surface area contributed by atoms with Crippen molar-refractivity contribution in [3.8, 4) is 0 Å². The normalized spacial score (nSPS) is 14.6. The van der Waals surface area contributed by atoms with Crippen LogP contribution in [0.5, 0.6) is 0 Å². The molecule has 21 heavy (non-hydrogen) atoms. The number of halogens is 1. The molecular weight excluding hydrogens is 300 g/mol. The molecule has 0 spiro atoms. The third-order valence-electron chi connectivity index (χ3n) is 3.32. The molecule has 2 aromatic carbocycles. The highest BCUT2D eigenvalue weighted by molar-refractivity contribution is 7.99. The van der Waals surface area contributed by atoms with Crippen molar-refractivity contribution < 1.29 is 0 Å². The maximum absolute atomic E-state index is 5.90. The average molecular weight is 317 g/mol. The predicted molar refractivity (Wildman–Crippen MR) is 91.8 cm³/mol. The summed E-state index contributed by atoms with van der Waals surface area (Å²) in [6.45, 7) is 0.951. The van der Waals surface area contributed by atoms with E-state index >= 15 is 0 Å². The number of nitrogens with one attached hydrogen (secondary N) is 1. The van der Waals surface area contributed by atoms with Crippen LogP contribution in [0, 0.1) is 0 Å². The summed E-state index contributed by atoms with van der Waals surface area (Å²) < 4.78 is 0. The summed E-state index contributed by atoms with van der Waals surface area (Å²) in [5.74, 6) is 1.11. The van der Waals surface area contributed by atoms with E-state index in [1.54, 1.807) is 11.8 Å². The van der Waals surface area contributed by atoms with Gasteiger partial charge in [-0.3, -0.25) is 4.99 Å². The van der Waals surface area contributed by atoms with Gasteiger partial charge in [-0.2, -0.15) is 0 Å². The van der Waals surface area contributed by atoms with Crippen molar-refractivity contribution >= 4 is 34.9 Å². The minimum Gasteiger partial charge on any atom is -0.344 e. The van der Waals surface area contributed by atoms with E-state index in [4.69, 9.17) is 11.6 Å². The predicted octanol–water partition coefficient (Wildman–Crippen LogP) is 5.49. The van der Waals surface area contributed by atoms with Crippen LogP contribution >= 0.6 is 23.4 Å². The highest BCUT2D eigenvalue weighted by Crippen LogP contribution is 2.29. The van der Waals surface area contributed by atoms with Crippen molar-refractivity contribution in [3.05, 3.63) is 53.6 Å². The Morgan fingerprint density at radius 1 is 0.905 bits per heavy atom. The van der Waals surface area contributed by atoms with Gasteiger partial charge in [0.2, 0.25) is 0 Å². The first-order valence-electron chi connectivity index (χ1n) is 7.13. The molecule has 0 amide bonds. The fourth-order valence-corrected chi connectivity index (χ4v) is 3.15. The largest absolute Gasteiger partial charge is 0.344 e. The molecule has 0 fully saturated rings. The molecule has 0 radical (unpaired) electrons. The lowest BCUT2D eigenvalue weighted by molar-refractivity contribution is 0.737. The Morgan fingerprint density at radius 3 is 2.19 bits per heavy atom. The first-order valence-corrected chi connectivity index (χ1v) is 8.33. The monoisotopic (exact) mass is 316 g/mol. The summed E-state index contributed by atoms with van der Waals surface area (Å²) in [5, 5.41) is 4.17. The quantitative estimate of drug-likeness (QED) is 0.810. The SMILES string of the molecule is Clc1ccc(Sc2ccc(NC3=NCCCC3)cc2)cc1. The Kier molecular flexibility index (Phi) is 4.84. The van der Waals surface area contributed by atoms with E-state index in [2.05, 4.69) is 34.6 Å². The molecular formula is C17H17ClN2S. The molecule has 2 aromatic rings. The van der Waals surface area contributed by atoms with Gasteiger partial charge in [-0.1, -0.05) is 23.4 Å². The van der Waals surface area contributed by atoms with Gasteiger partial charge in [0.15, 0.2) is 0 Å². The molecule has 0 bridgehead atoms. The van der Waals surface area contributed by atoms with Crippen LogP contribution in [0.4, 0.5) is 5.69 Å². The molecule has 108 valence electrons. The van der Waals surface area contributed by atoms with E-state index in [0.717, 1.165) is 29.5 Å². The van der Waals surface area contributed by atoms with Gasteiger partial charge in [-0.15, -0.1) is 0 Å². The number of benzene rings is 2. The number of nitrogens with zero attached hydrogens (tertiary/aromatic N) is 1. The van der Waals surface area contributed by atoms with Crippen LogP contribution in [0.1, 0.15) is 19.3 Å². The maximum atomic E-state index is 5.90. The van der Waals surface area contributed by atoms with Gasteiger partial charge in [0.05, 0.1) is 0 Å². The molecule has 0 atom stereocenters. The van der Waals surface area contributed by atoms with E-state index < -0.39 is 0 Å². The summed E-state index contributed by atoms with van der Waals surface area (Å²) in [6.07, 6.45) is 3.50. The Morgan fingerprint density at radius 2 is 1.57 bits per heavy atom. The molecule has 3 rings (SSSR count). The van der Waals surface area contributed by atoms with Crippen molar-refractivity contribution in [3.63, 3.8) is 0 Å². The van der Waals surface area contributed by atoms with E-state index in [0.29, 0.717) is 0 Å². The highest BCUT2D eigenvalue weighted by atomic mass is 35.5. The summed E-state index contributed by atoms with van der Waals surface area (Å²) in [7, 11) is 0. The summed E-state index contributed by atoms with van der Waals surface area (Å²) in [6, 6.07) is 16.4. The van der Waals surface area contributed by atoms with E-state index in [9.17, 15) is 0 Å². The van der Waals surface area contributed by atoms with Crippen LogP contribution in [0.15, 0.2) is 63.3 Å². The smallest absolute Gasteiger partial charge is 0.101 e. The summed E-state index contributed by atoms with van der Waals surface area (Å²) >= 11 is 7.63. The first kappa shape index (κ1) is 14.5. The van der Waals surface area contributed by atoms with Crippen molar-refractivity contribution in [1.82, 2.24) is 0 Å². The van der Waals surface area contributed by atoms with E-state index in [-0.39, 0.29) is 0 Å². The van der Waals surface area contributed by atoms with Crippen molar-refractivity contribution in [1.29, 1.82) is 0 Å². The fourth-order valence-electron chi connectivity index (χ4n) is 2.21. The Hall–Kier alpha value is -1.45. The zero-order valence-corrected chi connectivity index (χ0v) is 13.3. The molecule has 1 aliphatic heterocycles. The number of anilines is 1. The van der Waals surface area contributed by atoms with Crippen LogP contribution in [-0.4, -0.2) is 12.4 Å². The van der Waals surface area contributed by atoms with Crippen molar-refractivity contribution in [2.75, 3.05) is 11.9 Å². The Balaban J connectivity index is 1.63. The van der Waals surface area contributed by atoms with Gasteiger partial charge < -0.3 is 5.32 Å². The van der Waals surface area contributed by atoms with Crippen LogP contribution in [0.3, 0.4) is 0 Å². The number of hydrogen-bond donors (Lipinski definition) is 1. The molecule has 0 saturated carbocycles. The standard InChI is InChI=1S/C17H17ClN2S/c18-13-4-8-15(9-5-13)21-16-10-6-14(7-11-16)20-17-3-1-2-12-19-17/h4-11H,1-3,12H2,(H,19,20). The van der Waals surface area contributed by atoms with Crippen LogP contribution in [-0.2, 0) is 0 Å². The molecule has 0 saturated heterocycles. The van der Waals surface area contributed by atoms with Crippen molar-refractivity contribution in [2.24, 2.45) is 4.99 Å². The van der Waals surface area contributed by atoms with Gasteiger partial charge in [-0.25, -0.2) is 0 Å². The van der Waals surface area contributed by atoms with Gasteiger partial charge in [0, 0.05) is 33.5 Å². The molecule has 0 aliphatic carbocycles. The number of rotatable bonds is 3. The lowest BCUT2D eigenvalue weighted by Crippen LogP contribution is -2.15. The zero-order valence-electron chi connectivity index (χ0n) is 11.7. The number of amidine groups is 1. The molecule has 1 aliphatic rings. The minimum absolute atomic E-state index is 0.771. The summed E-state index contributed by atoms with van der Waals surface area (Å²) in [4.78, 5) is 6.92. The maximum Gasteiger partial charge on any atom is 0.101 e. The van der Waals surface area contributed by atoms with Crippen molar-refractivity contribution in [2.45, 2.75) is 29.1 Å². The topological polar surface area (TPSA) is 24.4 Å². The fraction of sp³-hybridized carbons (Fsp3) is 0.235. The van der Waals surface area contributed by atoms with Gasteiger partial charge in [0.1, 0.15) is 5.84 Å². The average Bonchev–Trinajstić information content (AvgIpc) is 2.53. The summed E-state index contributed by atoms with van der Waals surface area (Å²) in [5.41, 5.74) is 1.11. The second-order valence-corrected chi connectivity index (χ2v) is 6.57. The minimum atomic E-state index is 0.771. The zero-order chi connectivity index (χ0) is 14.5. The number of hydrogen-bond acceptors (Lipinski definition) is 3. The second-order valence-electron chi connectivity index (χ2n) is 4.99. The molecule has 2 nitrogen and oxygen atoms in total. The van der Waals surface area contributed by atoms with Gasteiger partial charge in [-0.05, 0) is 61.4 Å². The molecule has 4 heteroatoms. The van der Waals surface area contributed by atoms with Gasteiger partial charge in [0.25, 0.3) is 0 Å². The third kappa shape index (κ3) is 4.26. The lowest BCUT2D eigenvalue weighted by Gasteiger charge is -2.14. The first-order chi connectivity index (χ1) is 10.3.